The van der Waals surface area contributed by atoms with Gasteiger partial charge in [0.05, 0.1) is 6.33 Å². The van der Waals surface area contributed by atoms with Gasteiger partial charge in [0, 0.05) is 12.1 Å². The Morgan fingerprint density at radius 3 is 3.00 bits per heavy atom. The van der Waals surface area contributed by atoms with Crippen LogP contribution >= 0.6 is 0 Å². The van der Waals surface area contributed by atoms with Crippen molar-refractivity contribution in [2.24, 2.45) is 0 Å². The Bertz CT molecular complexity index is 558. The third kappa shape index (κ3) is 2.06. The Morgan fingerprint density at radius 1 is 1.53 bits per heavy atom. The SMILES string of the molecule is C=CCn1cnc(-c2cc(F)ccc2C)c1N. The molecule has 88 valence electrons. The molecule has 0 aliphatic heterocycles. The Balaban J connectivity index is 2.53. The van der Waals surface area contributed by atoms with E-state index in [1.807, 2.05) is 6.92 Å². The van der Waals surface area contributed by atoms with E-state index in [0.29, 0.717) is 18.1 Å². The maximum atomic E-state index is 13.2. The summed E-state index contributed by atoms with van der Waals surface area (Å²) in [6.07, 6.45) is 3.37. The van der Waals surface area contributed by atoms with Gasteiger partial charge in [-0.1, -0.05) is 12.1 Å². The van der Waals surface area contributed by atoms with Crippen molar-refractivity contribution in [2.75, 3.05) is 5.73 Å². The predicted molar refractivity (Wildman–Crippen MR) is 67.0 cm³/mol. The maximum Gasteiger partial charge on any atom is 0.131 e. The molecule has 0 spiro atoms. The lowest BCUT2D eigenvalue weighted by molar-refractivity contribution is 0.628. The van der Waals surface area contributed by atoms with Crippen LogP contribution in [0.5, 0.6) is 0 Å². The Hall–Kier alpha value is -2.10. The Morgan fingerprint density at radius 2 is 2.29 bits per heavy atom. The number of rotatable bonds is 3. The summed E-state index contributed by atoms with van der Waals surface area (Å²) in [6.45, 7) is 6.14. The summed E-state index contributed by atoms with van der Waals surface area (Å²) in [6, 6.07) is 4.60. The van der Waals surface area contributed by atoms with Crippen molar-refractivity contribution in [1.29, 1.82) is 0 Å². The second-order valence-corrected chi connectivity index (χ2v) is 3.88. The normalized spacial score (nSPS) is 10.5. The molecule has 3 nitrogen and oxygen atoms in total. The van der Waals surface area contributed by atoms with Crippen LogP contribution in [0.4, 0.5) is 10.2 Å². The molecule has 2 N–H and O–H groups in total. The first-order valence-corrected chi connectivity index (χ1v) is 5.31. The van der Waals surface area contributed by atoms with E-state index in [9.17, 15) is 4.39 Å². The number of anilines is 1. The first kappa shape index (κ1) is 11.4. The smallest absolute Gasteiger partial charge is 0.131 e. The van der Waals surface area contributed by atoms with Gasteiger partial charge in [0.15, 0.2) is 0 Å². The monoisotopic (exact) mass is 231 g/mol. The lowest BCUT2D eigenvalue weighted by Gasteiger charge is -2.05. The number of aromatic nitrogens is 2. The summed E-state index contributed by atoms with van der Waals surface area (Å²) in [5.74, 6) is 0.238. The van der Waals surface area contributed by atoms with Gasteiger partial charge >= 0.3 is 0 Å². The number of imidazole rings is 1. The fourth-order valence-corrected chi connectivity index (χ4v) is 1.73. The first-order chi connectivity index (χ1) is 8.13. The van der Waals surface area contributed by atoms with Gasteiger partial charge < -0.3 is 10.3 Å². The predicted octanol–water partition coefficient (Wildman–Crippen LogP) is 2.77. The summed E-state index contributed by atoms with van der Waals surface area (Å²) in [5, 5.41) is 0. The number of nitrogens with zero attached hydrogens (tertiary/aromatic N) is 2. The third-order valence-electron chi connectivity index (χ3n) is 2.66. The molecular formula is C13H14FN3. The highest BCUT2D eigenvalue weighted by Crippen LogP contribution is 2.27. The van der Waals surface area contributed by atoms with Gasteiger partial charge in [0.1, 0.15) is 17.3 Å². The fraction of sp³-hybridized carbons (Fsp3) is 0.154. The van der Waals surface area contributed by atoms with Crippen LogP contribution in [0.3, 0.4) is 0 Å². The highest BCUT2D eigenvalue weighted by Gasteiger charge is 2.12. The lowest BCUT2D eigenvalue weighted by Crippen LogP contribution is -2.00. The minimum absolute atomic E-state index is 0.289. The molecule has 0 atom stereocenters. The zero-order valence-electron chi connectivity index (χ0n) is 9.65. The second kappa shape index (κ2) is 4.41. The average molecular weight is 231 g/mol. The summed E-state index contributed by atoms with van der Waals surface area (Å²) in [5.41, 5.74) is 8.26. The standard InChI is InChI=1S/C13H14FN3/c1-3-6-17-8-16-12(13(17)15)11-7-10(14)5-4-9(11)2/h3-5,7-8H,1,6,15H2,2H3. The van der Waals surface area contributed by atoms with Crippen LogP contribution in [0.1, 0.15) is 5.56 Å². The van der Waals surface area contributed by atoms with Gasteiger partial charge in [-0.25, -0.2) is 9.37 Å². The number of aryl methyl sites for hydroxylation is 1. The molecule has 0 radical (unpaired) electrons. The van der Waals surface area contributed by atoms with E-state index in [1.165, 1.54) is 12.1 Å². The van der Waals surface area contributed by atoms with Crippen LogP contribution in [-0.2, 0) is 6.54 Å². The molecule has 0 saturated heterocycles. The summed E-state index contributed by atoms with van der Waals surface area (Å²) in [7, 11) is 0. The van der Waals surface area contributed by atoms with Gasteiger partial charge in [-0.2, -0.15) is 0 Å². The van der Waals surface area contributed by atoms with Gasteiger partial charge in [0.2, 0.25) is 0 Å². The Kier molecular flexibility index (Phi) is 2.95. The molecule has 0 aliphatic carbocycles. The highest BCUT2D eigenvalue weighted by atomic mass is 19.1. The van der Waals surface area contributed by atoms with Crippen LogP contribution in [0.25, 0.3) is 11.3 Å². The molecule has 17 heavy (non-hydrogen) atoms. The fourth-order valence-electron chi connectivity index (χ4n) is 1.73. The molecule has 0 fully saturated rings. The molecule has 2 rings (SSSR count). The highest BCUT2D eigenvalue weighted by molar-refractivity contribution is 5.73. The van der Waals surface area contributed by atoms with Crippen LogP contribution < -0.4 is 5.73 Å². The van der Waals surface area contributed by atoms with Gasteiger partial charge in [-0.15, -0.1) is 6.58 Å². The summed E-state index contributed by atoms with van der Waals surface area (Å²) in [4.78, 5) is 4.23. The molecule has 0 bridgehead atoms. The van der Waals surface area contributed by atoms with E-state index in [0.717, 1.165) is 11.1 Å². The summed E-state index contributed by atoms with van der Waals surface area (Å²) >= 11 is 0. The lowest BCUT2D eigenvalue weighted by atomic mass is 10.1. The van der Waals surface area contributed by atoms with Crippen molar-refractivity contribution in [2.45, 2.75) is 13.5 Å². The van der Waals surface area contributed by atoms with Gasteiger partial charge in [0.25, 0.3) is 0 Å². The van der Waals surface area contributed by atoms with Crippen molar-refractivity contribution >= 4 is 5.82 Å². The average Bonchev–Trinajstić information content (AvgIpc) is 2.65. The molecule has 4 heteroatoms. The molecule has 0 aliphatic rings. The Labute approximate surface area is 99.4 Å². The number of allylic oxidation sites excluding steroid dienone is 1. The van der Waals surface area contributed by atoms with Crippen molar-refractivity contribution in [3.8, 4) is 11.3 Å². The van der Waals surface area contributed by atoms with E-state index in [-0.39, 0.29) is 5.82 Å². The molecule has 1 heterocycles. The van der Waals surface area contributed by atoms with Crippen molar-refractivity contribution in [1.82, 2.24) is 9.55 Å². The minimum Gasteiger partial charge on any atom is -0.383 e. The molecule has 1 aromatic carbocycles. The minimum atomic E-state index is -0.289. The first-order valence-electron chi connectivity index (χ1n) is 5.31. The van der Waals surface area contributed by atoms with Crippen LogP contribution in [-0.4, -0.2) is 9.55 Å². The molecule has 0 amide bonds. The third-order valence-corrected chi connectivity index (χ3v) is 2.66. The number of benzene rings is 1. The van der Waals surface area contributed by atoms with E-state index in [1.54, 1.807) is 23.0 Å². The van der Waals surface area contributed by atoms with Crippen LogP contribution in [0.15, 0.2) is 37.2 Å². The quantitative estimate of drug-likeness (QED) is 0.825. The van der Waals surface area contributed by atoms with E-state index >= 15 is 0 Å². The zero-order valence-corrected chi connectivity index (χ0v) is 9.65. The molecular weight excluding hydrogens is 217 g/mol. The molecule has 0 unspecified atom stereocenters. The van der Waals surface area contributed by atoms with Gasteiger partial charge in [-0.3, -0.25) is 0 Å². The van der Waals surface area contributed by atoms with E-state index in [2.05, 4.69) is 11.6 Å². The topological polar surface area (TPSA) is 43.8 Å². The maximum absolute atomic E-state index is 13.2. The van der Waals surface area contributed by atoms with E-state index < -0.39 is 0 Å². The number of nitrogen functional groups attached to an aromatic ring is 1. The number of nitrogens with two attached hydrogens (primary N) is 1. The van der Waals surface area contributed by atoms with E-state index in [4.69, 9.17) is 5.73 Å². The summed E-state index contributed by atoms with van der Waals surface area (Å²) < 4.78 is 15.0. The van der Waals surface area contributed by atoms with Crippen molar-refractivity contribution < 1.29 is 4.39 Å². The van der Waals surface area contributed by atoms with Crippen molar-refractivity contribution in [3.05, 3.63) is 48.6 Å². The molecule has 1 aromatic heterocycles. The van der Waals surface area contributed by atoms with Crippen LogP contribution in [0.2, 0.25) is 0 Å². The zero-order chi connectivity index (χ0) is 12.4. The number of hydrogen-bond acceptors (Lipinski definition) is 2. The number of halogens is 1. The van der Waals surface area contributed by atoms with Crippen molar-refractivity contribution in [3.63, 3.8) is 0 Å². The molecule has 0 saturated carbocycles. The largest absolute Gasteiger partial charge is 0.383 e. The second-order valence-electron chi connectivity index (χ2n) is 3.88. The molecule has 2 aromatic rings. The number of hydrogen-bond donors (Lipinski definition) is 1. The van der Waals surface area contributed by atoms with Gasteiger partial charge in [-0.05, 0) is 24.6 Å². The van der Waals surface area contributed by atoms with Crippen LogP contribution in [0, 0.1) is 12.7 Å².